The first-order valence-electron chi connectivity index (χ1n) is 11.0. The molecule has 0 aromatic heterocycles. The average Bonchev–Trinajstić information content (AvgIpc) is 3.13. The zero-order valence-electron chi connectivity index (χ0n) is 19.4. The Balaban J connectivity index is 1.76. The third kappa shape index (κ3) is 3.92. The molecule has 0 spiro atoms. The Labute approximate surface area is 190 Å². The molecule has 0 radical (unpaired) electrons. The standard InChI is InChI=1S/C25H34O4SSi/c1-23(2,3)31(19-13-9-7-10-14-19,20-15-11-8-12-16-20)27-18-25(6)22-21(17-30(25)26)28-24(4,5)29-22/h7-16,21-22H,17-18H2,1-6H3/t21-,22-,25+,30?/m0/s1. The molecule has 0 saturated carbocycles. The van der Waals surface area contributed by atoms with Crippen LogP contribution in [0.3, 0.4) is 0 Å². The fourth-order valence-electron chi connectivity index (χ4n) is 5.11. The molecule has 0 bridgehead atoms. The van der Waals surface area contributed by atoms with Crippen LogP contribution in [0.1, 0.15) is 41.5 Å². The maximum absolute atomic E-state index is 13.2. The Morgan fingerprint density at radius 2 is 1.48 bits per heavy atom. The minimum atomic E-state index is -2.70. The van der Waals surface area contributed by atoms with E-state index in [0.717, 1.165) is 0 Å². The van der Waals surface area contributed by atoms with Gasteiger partial charge in [-0.2, -0.15) is 0 Å². The van der Waals surface area contributed by atoms with E-state index >= 15 is 0 Å². The molecule has 2 fully saturated rings. The number of benzene rings is 2. The van der Waals surface area contributed by atoms with Gasteiger partial charge in [-0.25, -0.2) is 0 Å². The molecule has 0 N–H and O–H groups in total. The second kappa shape index (κ2) is 8.01. The number of hydrogen-bond acceptors (Lipinski definition) is 4. The third-order valence-corrected chi connectivity index (χ3v) is 13.6. The van der Waals surface area contributed by atoms with Crippen molar-refractivity contribution in [3.63, 3.8) is 0 Å². The summed E-state index contributed by atoms with van der Waals surface area (Å²) in [6, 6.07) is 21.1. The molecule has 1 unspecified atom stereocenters. The van der Waals surface area contributed by atoms with Gasteiger partial charge in [0.15, 0.2) is 10.5 Å². The van der Waals surface area contributed by atoms with E-state index in [1.54, 1.807) is 0 Å². The van der Waals surface area contributed by atoms with Crippen LogP contribution in [-0.4, -0.2) is 48.0 Å². The summed E-state index contributed by atoms with van der Waals surface area (Å²) < 4.78 is 32.0. The lowest BCUT2D eigenvalue weighted by Crippen LogP contribution is -2.68. The SMILES string of the molecule is CC1(C)O[C@H]2C[S+]([O-])[C@](C)(CO[Si](c3ccccc3)(c3ccccc3)C(C)(C)C)[C@H]2O1. The predicted octanol–water partition coefficient (Wildman–Crippen LogP) is 3.60. The van der Waals surface area contributed by atoms with Gasteiger partial charge in [0.1, 0.15) is 18.0 Å². The van der Waals surface area contributed by atoms with Crippen molar-refractivity contribution in [2.45, 2.75) is 69.3 Å². The van der Waals surface area contributed by atoms with Crippen LogP contribution < -0.4 is 10.4 Å². The maximum Gasteiger partial charge on any atom is 0.261 e. The molecular formula is C25H34O4SSi. The molecular weight excluding hydrogens is 424 g/mol. The lowest BCUT2D eigenvalue weighted by molar-refractivity contribution is -0.149. The van der Waals surface area contributed by atoms with Crippen LogP contribution in [0.5, 0.6) is 0 Å². The number of hydrogen-bond donors (Lipinski definition) is 0. The molecule has 6 heteroatoms. The van der Waals surface area contributed by atoms with Crippen molar-refractivity contribution in [3.8, 4) is 0 Å². The van der Waals surface area contributed by atoms with Crippen LogP contribution in [0.2, 0.25) is 5.04 Å². The molecule has 31 heavy (non-hydrogen) atoms. The molecule has 2 aliphatic rings. The predicted molar refractivity (Wildman–Crippen MR) is 129 cm³/mol. The lowest BCUT2D eigenvalue weighted by Gasteiger charge is -2.45. The quantitative estimate of drug-likeness (QED) is 0.507. The summed E-state index contributed by atoms with van der Waals surface area (Å²) in [5.41, 5.74) is 0. The molecule has 0 aliphatic carbocycles. The lowest BCUT2D eigenvalue weighted by atomic mass is 10.0. The van der Waals surface area contributed by atoms with E-state index < -0.39 is 30.0 Å². The largest absolute Gasteiger partial charge is 0.616 e. The first-order valence-corrected chi connectivity index (χ1v) is 14.2. The van der Waals surface area contributed by atoms with Gasteiger partial charge in [0.05, 0.1) is 6.61 Å². The van der Waals surface area contributed by atoms with E-state index in [1.165, 1.54) is 10.4 Å². The summed E-state index contributed by atoms with van der Waals surface area (Å²) in [7, 11) is -2.70. The van der Waals surface area contributed by atoms with Gasteiger partial charge >= 0.3 is 0 Å². The topological polar surface area (TPSA) is 50.8 Å². The van der Waals surface area contributed by atoms with E-state index in [2.05, 4.69) is 69.3 Å². The van der Waals surface area contributed by atoms with Crippen LogP contribution in [0.4, 0.5) is 0 Å². The minimum Gasteiger partial charge on any atom is -0.616 e. The van der Waals surface area contributed by atoms with Crippen LogP contribution >= 0.6 is 0 Å². The van der Waals surface area contributed by atoms with Gasteiger partial charge in [0, 0.05) is 0 Å². The minimum absolute atomic E-state index is 0.127. The fourth-order valence-corrected chi connectivity index (χ4v) is 11.5. The molecule has 4 rings (SSSR count). The molecule has 2 heterocycles. The normalized spacial score (nSPS) is 30.4. The van der Waals surface area contributed by atoms with E-state index in [-0.39, 0.29) is 17.2 Å². The van der Waals surface area contributed by atoms with Gasteiger partial charge in [-0.15, -0.1) is 0 Å². The molecule has 2 aliphatic heterocycles. The molecule has 2 saturated heterocycles. The van der Waals surface area contributed by atoms with Gasteiger partial charge in [-0.3, -0.25) is 0 Å². The van der Waals surface area contributed by atoms with Crippen molar-refractivity contribution in [2.24, 2.45) is 0 Å². The van der Waals surface area contributed by atoms with Crippen LogP contribution in [0.25, 0.3) is 0 Å². The van der Waals surface area contributed by atoms with Crippen LogP contribution in [0.15, 0.2) is 60.7 Å². The first-order chi connectivity index (χ1) is 14.5. The van der Waals surface area contributed by atoms with Gasteiger partial charge in [0.25, 0.3) is 8.32 Å². The zero-order chi connectivity index (χ0) is 22.5. The van der Waals surface area contributed by atoms with Crippen molar-refractivity contribution in [3.05, 3.63) is 60.7 Å². The maximum atomic E-state index is 13.2. The summed E-state index contributed by atoms with van der Waals surface area (Å²) >= 11 is -1.10. The fraction of sp³-hybridized carbons (Fsp3) is 0.520. The highest BCUT2D eigenvalue weighted by atomic mass is 32.2. The van der Waals surface area contributed by atoms with Crippen LogP contribution in [-0.2, 0) is 25.1 Å². The van der Waals surface area contributed by atoms with Gasteiger partial charge in [0.2, 0.25) is 0 Å². The van der Waals surface area contributed by atoms with E-state index in [4.69, 9.17) is 13.9 Å². The number of rotatable bonds is 5. The Hall–Kier alpha value is -1.15. The second-order valence-corrected chi connectivity index (χ2v) is 16.6. The van der Waals surface area contributed by atoms with E-state index in [1.807, 2.05) is 32.9 Å². The van der Waals surface area contributed by atoms with Crippen LogP contribution in [0, 0.1) is 0 Å². The van der Waals surface area contributed by atoms with Crippen molar-refractivity contribution in [1.29, 1.82) is 0 Å². The number of ether oxygens (including phenoxy) is 2. The van der Waals surface area contributed by atoms with Gasteiger partial charge < -0.3 is 18.5 Å². The summed E-state index contributed by atoms with van der Waals surface area (Å²) in [4.78, 5) is 0. The van der Waals surface area contributed by atoms with E-state index in [0.29, 0.717) is 12.4 Å². The van der Waals surface area contributed by atoms with Crippen molar-refractivity contribution in [2.75, 3.05) is 12.4 Å². The Morgan fingerprint density at radius 3 is 1.97 bits per heavy atom. The van der Waals surface area contributed by atoms with E-state index in [9.17, 15) is 4.55 Å². The third-order valence-electron chi connectivity index (χ3n) is 6.61. The zero-order valence-corrected chi connectivity index (χ0v) is 21.2. The molecule has 2 aromatic rings. The number of fused-ring (bicyclic) bond motifs is 1. The second-order valence-electron chi connectivity index (χ2n) is 10.4. The highest BCUT2D eigenvalue weighted by Crippen LogP contribution is 2.46. The highest BCUT2D eigenvalue weighted by molar-refractivity contribution is 7.93. The monoisotopic (exact) mass is 458 g/mol. The average molecular weight is 459 g/mol. The summed E-state index contributed by atoms with van der Waals surface area (Å²) in [6.45, 7) is 13.0. The first kappa shape index (κ1) is 23.0. The molecule has 2 aromatic carbocycles. The van der Waals surface area contributed by atoms with Gasteiger partial charge in [-0.1, -0.05) is 81.4 Å². The Morgan fingerprint density at radius 1 is 0.968 bits per heavy atom. The molecule has 0 amide bonds. The Bertz CT molecular complexity index is 859. The van der Waals surface area contributed by atoms with Gasteiger partial charge in [-0.05, 0) is 47.4 Å². The smallest absolute Gasteiger partial charge is 0.261 e. The van der Waals surface area contributed by atoms with Crippen molar-refractivity contribution >= 4 is 29.9 Å². The summed E-state index contributed by atoms with van der Waals surface area (Å²) in [6.07, 6.45) is -0.384. The summed E-state index contributed by atoms with van der Waals surface area (Å²) in [5.74, 6) is -0.159. The molecule has 4 nitrogen and oxygen atoms in total. The summed E-state index contributed by atoms with van der Waals surface area (Å²) in [5, 5.41) is 2.32. The Kier molecular flexibility index (Phi) is 5.95. The van der Waals surface area contributed by atoms with Crippen molar-refractivity contribution < 1.29 is 18.5 Å². The molecule has 168 valence electrons. The van der Waals surface area contributed by atoms with Crippen molar-refractivity contribution in [1.82, 2.24) is 0 Å². The molecule has 4 atom stereocenters. The highest BCUT2D eigenvalue weighted by Gasteiger charge is 2.65.